The molecule has 1 atom stereocenters. The van der Waals surface area contributed by atoms with Crippen LogP contribution in [-0.4, -0.2) is 15.0 Å². The summed E-state index contributed by atoms with van der Waals surface area (Å²) in [5.74, 6) is 0.794. The van der Waals surface area contributed by atoms with Crippen LogP contribution in [0.2, 0.25) is 0 Å². The SMILES string of the molecule is CC(Nc1cccc(C(F)(F)F)n1)c1ncc[nH]1. The summed E-state index contributed by atoms with van der Waals surface area (Å²) in [5.41, 5.74) is -0.917. The van der Waals surface area contributed by atoms with Crippen LogP contribution in [0.15, 0.2) is 30.6 Å². The van der Waals surface area contributed by atoms with Gasteiger partial charge in [-0.1, -0.05) is 6.07 Å². The first-order valence-electron chi connectivity index (χ1n) is 5.27. The fraction of sp³-hybridized carbons (Fsp3) is 0.273. The number of hydrogen-bond donors (Lipinski definition) is 2. The molecule has 0 aliphatic heterocycles. The topological polar surface area (TPSA) is 53.6 Å². The third kappa shape index (κ3) is 2.79. The number of aromatic amines is 1. The monoisotopic (exact) mass is 256 g/mol. The highest BCUT2D eigenvalue weighted by molar-refractivity contribution is 5.37. The second-order valence-corrected chi connectivity index (χ2v) is 3.75. The molecule has 2 aromatic rings. The van der Waals surface area contributed by atoms with Gasteiger partial charge in [0, 0.05) is 12.4 Å². The summed E-state index contributed by atoms with van der Waals surface area (Å²) in [4.78, 5) is 10.4. The molecule has 0 saturated heterocycles. The Kier molecular flexibility index (Phi) is 3.22. The van der Waals surface area contributed by atoms with Gasteiger partial charge in [0.2, 0.25) is 0 Å². The molecular weight excluding hydrogens is 245 g/mol. The molecule has 0 bridgehead atoms. The zero-order valence-electron chi connectivity index (χ0n) is 9.49. The standard InChI is InChI=1S/C11H11F3N4/c1-7(10-15-5-6-16-10)17-9-4-2-3-8(18-9)11(12,13)14/h2-7H,1H3,(H,15,16)(H,17,18). The number of nitrogens with zero attached hydrogens (tertiary/aromatic N) is 2. The molecule has 0 aliphatic carbocycles. The number of alkyl halides is 3. The Hall–Kier alpha value is -2.05. The molecule has 0 amide bonds. The number of halogens is 3. The van der Waals surface area contributed by atoms with Crippen LogP contribution in [0.3, 0.4) is 0 Å². The number of H-pyrrole nitrogens is 1. The van der Waals surface area contributed by atoms with E-state index in [4.69, 9.17) is 0 Å². The van der Waals surface area contributed by atoms with Gasteiger partial charge in [-0.25, -0.2) is 9.97 Å². The maximum Gasteiger partial charge on any atom is 0.433 e. The van der Waals surface area contributed by atoms with Crippen molar-refractivity contribution in [2.75, 3.05) is 5.32 Å². The summed E-state index contributed by atoms with van der Waals surface area (Å²) >= 11 is 0. The molecule has 96 valence electrons. The molecule has 0 aromatic carbocycles. The quantitative estimate of drug-likeness (QED) is 0.887. The molecular formula is C11H11F3N4. The summed E-state index contributed by atoms with van der Waals surface area (Å²) in [6.07, 6.45) is -1.22. The molecule has 0 fully saturated rings. The van der Waals surface area contributed by atoms with E-state index in [9.17, 15) is 13.2 Å². The van der Waals surface area contributed by atoms with Crippen molar-refractivity contribution < 1.29 is 13.2 Å². The minimum absolute atomic E-state index is 0.161. The molecule has 0 radical (unpaired) electrons. The molecule has 0 saturated carbocycles. The normalized spacial score (nSPS) is 13.3. The number of anilines is 1. The summed E-state index contributed by atoms with van der Waals surface area (Å²) in [6, 6.07) is 3.47. The smallest absolute Gasteiger partial charge is 0.360 e. The van der Waals surface area contributed by atoms with Crippen molar-refractivity contribution in [1.29, 1.82) is 0 Å². The van der Waals surface area contributed by atoms with E-state index >= 15 is 0 Å². The highest BCUT2D eigenvalue weighted by Crippen LogP contribution is 2.28. The number of rotatable bonds is 3. The molecule has 2 aromatic heterocycles. The Bertz CT molecular complexity index is 507. The van der Waals surface area contributed by atoms with Crippen LogP contribution in [0.5, 0.6) is 0 Å². The van der Waals surface area contributed by atoms with Crippen LogP contribution in [0.25, 0.3) is 0 Å². The maximum atomic E-state index is 12.5. The van der Waals surface area contributed by atoms with Crippen molar-refractivity contribution in [2.24, 2.45) is 0 Å². The van der Waals surface area contributed by atoms with Gasteiger partial charge in [-0.3, -0.25) is 0 Å². The van der Waals surface area contributed by atoms with E-state index in [1.54, 1.807) is 19.3 Å². The Labute approximate surface area is 101 Å². The van der Waals surface area contributed by atoms with Gasteiger partial charge in [0.15, 0.2) is 0 Å². The van der Waals surface area contributed by atoms with Crippen molar-refractivity contribution >= 4 is 5.82 Å². The van der Waals surface area contributed by atoms with Crippen molar-refractivity contribution in [1.82, 2.24) is 15.0 Å². The van der Waals surface area contributed by atoms with Gasteiger partial charge in [-0.2, -0.15) is 13.2 Å². The summed E-state index contributed by atoms with van der Waals surface area (Å²) < 4.78 is 37.4. The van der Waals surface area contributed by atoms with E-state index in [0.29, 0.717) is 5.82 Å². The van der Waals surface area contributed by atoms with Crippen molar-refractivity contribution in [2.45, 2.75) is 19.1 Å². The molecule has 1 unspecified atom stereocenters. The molecule has 18 heavy (non-hydrogen) atoms. The van der Waals surface area contributed by atoms with Crippen LogP contribution < -0.4 is 5.32 Å². The van der Waals surface area contributed by atoms with Crippen LogP contribution in [0.1, 0.15) is 24.5 Å². The van der Waals surface area contributed by atoms with E-state index in [2.05, 4.69) is 20.3 Å². The first kappa shape index (κ1) is 12.4. The number of hydrogen-bond acceptors (Lipinski definition) is 3. The molecule has 4 nitrogen and oxygen atoms in total. The first-order valence-corrected chi connectivity index (χ1v) is 5.27. The van der Waals surface area contributed by atoms with Gasteiger partial charge in [-0.05, 0) is 19.1 Å². The Balaban J connectivity index is 2.15. The first-order chi connectivity index (χ1) is 8.47. The Morgan fingerprint density at radius 3 is 2.72 bits per heavy atom. The van der Waals surface area contributed by atoms with Crippen LogP contribution in [0, 0.1) is 0 Å². The lowest BCUT2D eigenvalue weighted by Gasteiger charge is -2.13. The highest BCUT2D eigenvalue weighted by Gasteiger charge is 2.32. The molecule has 2 heterocycles. The minimum atomic E-state index is -4.44. The fourth-order valence-corrected chi connectivity index (χ4v) is 1.48. The largest absolute Gasteiger partial charge is 0.433 e. The summed E-state index contributed by atoms with van der Waals surface area (Å²) in [7, 11) is 0. The zero-order valence-corrected chi connectivity index (χ0v) is 9.49. The molecule has 7 heteroatoms. The third-order valence-electron chi connectivity index (χ3n) is 2.33. The van der Waals surface area contributed by atoms with Crippen molar-refractivity contribution in [3.63, 3.8) is 0 Å². The third-order valence-corrected chi connectivity index (χ3v) is 2.33. The average molecular weight is 256 g/mol. The second kappa shape index (κ2) is 4.67. The van der Waals surface area contributed by atoms with Gasteiger partial charge < -0.3 is 10.3 Å². The van der Waals surface area contributed by atoms with E-state index in [1.165, 1.54) is 12.1 Å². The molecule has 2 N–H and O–H groups in total. The van der Waals surface area contributed by atoms with Crippen molar-refractivity contribution in [3.8, 4) is 0 Å². The van der Waals surface area contributed by atoms with Crippen LogP contribution in [0.4, 0.5) is 19.0 Å². The van der Waals surface area contributed by atoms with Crippen LogP contribution in [-0.2, 0) is 6.18 Å². The van der Waals surface area contributed by atoms with E-state index in [-0.39, 0.29) is 11.9 Å². The van der Waals surface area contributed by atoms with Gasteiger partial charge in [-0.15, -0.1) is 0 Å². The summed E-state index contributed by atoms with van der Waals surface area (Å²) in [6.45, 7) is 1.78. The zero-order chi connectivity index (χ0) is 13.2. The van der Waals surface area contributed by atoms with Gasteiger partial charge >= 0.3 is 6.18 Å². The fourth-order valence-electron chi connectivity index (χ4n) is 1.48. The Morgan fingerprint density at radius 1 is 1.33 bits per heavy atom. The van der Waals surface area contributed by atoms with E-state index < -0.39 is 11.9 Å². The van der Waals surface area contributed by atoms with Crippen molar-refractivity contribution in [3.05, 3.63) is 42.1 Å². The molecule has 2 rings (SSSR count). The van der Waals surface area contributed by atoms with Gasteiger partial charge in [0.05, 0.1) is 6.04 Å². The van der Waals surface area contributed by atoms with Crippen LogP contribution >= 0.6 is 0 Å². The predicted octanol–water partition coefficient (Wildman–Crippen LogP) is 3.00. The number of aromatic nitrogens is 3. The highest BCUT2D eigenvalue weighted by atomic mass is 19.4. The van der Waals surface area contributed by atoms with E-state index in [1.807, 2.05) is 0 Å². The lowest BCUT2D eigenvalue weighted by Crippen LogP contribution is -2.13. The summed E-state index contributed by atoms with van der Waals surface area (Å²) in [5, 5.41) is 2.85. The number of nitrogens with one attached hydrogen (secondary N) is 2. The lowest BCUT2D eigenvalue weighted by atomic mass is 10.3. The van der Waals surface area contributed by atoms with Gasteiger partial charge in [0.25, 0.3) is 0 Å². The average Bonchev–Trinajstić information content (AvgIpc) is 2.81. The minimum Gasteiger partial charge on any atom is -0.360 e. The van der Waals surface area contributed by atoms with E-state index in [0.717, 1.165) is 6.07 Å². The Morgan fingerprint density at radius 2 is 2.11 bits per heavy atom. The number of pyridine rings is 1. The maximum absolute atomic E-state index is 12.5. The van der Waals surface area contributed by atoms with Gasteiger partial charge in [0.1, 0.15) is 17.3 Å². The molecule has 0 spiro atoms. The lowest BCUT2D eigenvalue weighted by molar-refractivity contribution is -0.141. The number of imidazole rings is 1. The molecule has 0 aliphatic rings. The second-order valence-electron chi connectivity index (χ2n) is 3.75. The predicted molar refractivity (Wildman–Crippen MR) is 59.9 cm³/mol.